The van der Waals surface area contributed by atoms with Gasteiger partial charge in [-0.1, -0.05) is 63.8 Å². The Labute approximate surface area is 91.1 Å². The first-order valence-electron chi connectivity index (χ1n) is 5.96. The molecular formula is C14H28. The summed E-state index contributed by atoms with van der Waals surface area (Å²) in [5, 5.41) is 0. The van der Waals surface area contributed by atoms with Crippen LogP contribution in [0.1, 0.15) is 60.8 Å². The van der Waals surface area contributed by atoms with Crippen molar-refractivity contribution in [1.82, 2.24) is 0 Å². The molecule has 0 unspecified atom stereocenters. The highest BCUT2D eigenvalue weighted by atomic mass is 14.1. The number of hydrogen-bond acceptors (Lipinski definition) is 0. The van der Waals surface area contributed by atoms with Gasteiger partial charge in [-0.05, 0) is 26.7 Å². The molecule has 0 heterocycles. The molecule has 0 aromatic rings. The van der Waals surface area contributed by atoms with Crippen molar-refractivity contribution in [3.05, 3.63) is 23.8 Å². The predicted octanol–water partition coefficient (Wildman–Crippen LogP) is 5.36. The highest BCUT2D eigenvalue weighted by molar-refractivity contribution is 5.13. The monoisotopic (exact) mass is 196 g/mol. The van der Waals surface area contributed by atoms with E-state index in [0.717, 1.165) is 5.92 Å². The maximum Gasteiger partial charge on any atom is -0.0401 e. The standard InChI is InChI=1S/C7H12.C5H10.C2H6/c1-4-6-7(3)5-2;1-5-3-2-4-5;1-2/h4-6H,1-3H3;5H,2-4H2,1H3;1-2H3/b6-4-,7-5-;;. The summed E-state index contributed by atoms with van der Waals surface area (Å²) in [4.78, 5) is 0. The van der Waals surface area contributed by atoms with Gasteiger partial charge in [0.25, 0.3) is 0 Å². The SMILES string of the molecule is C/C=C\C(C)=C/C.CC.CC1CCC1. The van der Waals surface area contributed by atoms with Gasteiger partial charge in [0.1, 0.15) is 0 Å². The topological polar surface area (TPSA) is 0 Å². The van der Waals surface area contributed by atoms with Crippen LogP contribution < -0.4 is 0 Å². The molecule has 1 fully saturated rings. The maximum absolute atomic E-state index is 2.31. The van der Waals surface area contributed by atoms with Gasteiger partial charge in [0.05, 0.1) is 0 Å². The van der Waals surface area contributed by atoms with E-state index in [9.17, 15) is 0 Å². The van der Waals surface area contributed by atoms with Crippen molar-refractivity contribution >= 4 is 0 Å². The van der Waals surface area contributed by atoms with Gasteiger partial charge < -0.3 is 0 Å². The second kappa shape index (κ2) is 12.5. The molecule has 0 radical (unpaired) electrons. The zero-order valence-electron chi connectivity index (χ0n) is 10.9. The summed E-state index contributed by atoms with van der Waals surface area (Å²) >= 11 is 0. The predicted molar refractivity (Wildman–Crippen MR) is 68.6 cm³/mol. The Bertz CT molecular complexity index is 147. The molecule has 0 amide bonds. The summed E-state index contributed by atoms with van der Waals surface area (Å²) in [5.41, 5.74) is 1.32. The molecular weight excluding hydrogens is 168 g/mol. The highest BCUT2D eigenvalue weighted by Crippen LogP contribution is 2.24. The Morgan fingerprint density at radius 2 is 1.57 bits per heavy atom. The molecule has 14 heavy (non-hydrogen) atoms. The van der Waals surface area contributed by atoms with Crippen LogP contribution in [0.5, 0.6) is 0 Å². The summed E-state index contributed by atoms with van der Waals surface area (Å²) in [6, 6.07) is 0. The lowest BCUT2D eigenvalue weighted by molar-refractivity contribution is 0.346. The Balaban J connectivity index is 0. The summed E-state index contributed by atoms with van der Waals surface area (Å²) in [6.45, 7) is 12.5. The lowest BCUT2D eigenvalue weighted by Crippen LogP contribution is -2.04. The summed E-state index contributed by atoms with van der Waals surface area (Å²) in [6.07, 6.45) is 10.7. The van der Waals surface area contributed by atoms with E-state index in [-0.39, 0.29) is 0 Å². The van der Waals surface area contributed by atoms with Crippen molar-refractivity contribution in [3.63, 3.8) is 0 Å². The third kappa shape index (κ3) is 11.5. The van der Waals surface area contributed by atoms with E-state index in [0.29, 0.717) is 0 Å². The molecule has 0 atom stereocenters. The molecule has 1 rings (SSSR count). The fourth-order valence-corrected chi connectivity index (χ4v) is 0.971. The van der Waals surface area contributed by atoms with Crippen LogP contribution in [0.15, 0.2) is 23.8 Å². The van der Waals surface area contributed by atoms with Crippen molar-refractivity contribution in [1.29, 1.82) is 0 Å². The van der Waals surface area contributed by atoms with E-state index < -0.39 is 0 Å². The van der Waals surface area contributed by atoms with Crippen molar-refractivity contribution < 1.29 is 0 Å². The lowest BCUT2D eigenvalue weighted by atomic mass is 9.88. The first kappa shape index (κ1) is 15.9. The average molecular weight is 196 g/mol. The van der Waals surface area contributed by atoms with Crippen LogP contribution in [0.25, 0.3) is 0 Å². The number of allylic oxidation sites excluding steroid dienone is 4. The Hall–Kier alpha value is -0.520. The molecule has 1 aliphatic carbocycles. The van der Waals surface area contributed by atoms with Crippen LogP contribution in [0.3, 0.4) is 0 Å². The van der Waals surface area contributed by atoms with E-state index in [4.69, 9.17) is 0 Å². The summed E-state index contributed by atoms with van der Waals surface area (Å²) < 4.78 is 0. The van der Waals surface area contributed by atoms with Crippen LogP contribution in [0, 0.1) is 5.92 Å². The fourth-order valence-electron chi connectivity index (χ4n) is 0.971. The van der Waals surface area contributed by atoms with Gasteiger partial charge in [0.2, 0.25) is 0 Å². The fraction of sp³-hybridized carbons (Fsp3) is 0.714. The number of rotatable bonds is 1. The van der Waals surface area contributed by atoms with Gasteiger partial charge in [-0.25, -0.2) is 0 Å². The van der Waals surface area contributed by atoms with Crippen LogP contribution in [0.4, 0.5) is 0 Å². The van der Waals surface area contributed by atoms with Gasteiger partial charge in [0.15, 0.2) is 0 Å². The zero-order valence-corrected chi connectivity index (χ0v) is 10.9. The smallest absolute Gasteiger partial charge is 0.0401 e. The average Bonchev–Trinajstić information content (AvgIpc) is 2.19. The zero-order chi connectivity index (χ0) is 11.4. The Morgan fingerprint density at radius 1 is 1.14 bits per heavy atom. The number of hydrogen-bond donors (Lipinski definition) is 0. The minimum absolute atomic E-state index is 1.06. The second-order valence-electron chi connectivity index (χ2n) is 3.57. The molecule has 0 bridgehead atoms. The van der Waals surface area contributed by atoms with E-state index in [1.54, 1.807) is 0 Å². The van der Waals surface area contributed by atoms with Crippen LogP contribution in [-0.2, 0) is 0 Å². The van der Waals surface area contributed by atoms with E-state index in [2.05, 4.69) is 26.0 Å². The highest BCUT2D eigenvalue weighted by Gasteiger charge is 2.09. The van der Waals surface area contributed by atoms with Gasteiger partial charge in [-0.3, -0.25) is 0 Å². The molecule has 0 spiro atoms. The summed E-state index contributed by atoms with van der Waals surface area (Å²) in [7, 11) is 0. The van der Waals surface area contributed by atoms with Gasteiger partial charge in [-0.2, -0.15) is 0 Å². The van der Waals surface area contributed by atoms with Crippen LogP contribution in [-0.4, -0.2) is 0 Å². The van der Waals surface area contributed by atoms with Crippen molar-refractivity contribution in [2.24, 2.45) is 5.92 Å². The van der Waals surface area contributed by atoms with E-state index >= 15 is 0 Å². The van der Waals surface area contributed by atoms with E-state index in [1.807, 2.05) is 33.8 Å². The van der Waals surface area contributed by atoms with E-state index in [1.165, 1.54) is 24.8 Å². The molecule has 0 N–H and O–H groups in total. The van der Waals surface area contributed by atoms with Gasteiger partial charge >= 0.3 is 0 Å². The van der Waals surface area contributed by atoms with Gasteiger partial charge in [0, 0.05) is 0 Å². The first-order valence-corrected chi connectivity index (χ1v) is 5.96. The molecule has 0 aliphatic heterocycles. The van der Waals surface area contributed by atoms with Gasteiger partial charge in [-0.15, -0.1) is 0 Å². The van der Waals surface area contributed by atoms with Crippen molar-refractivity contribution in [2.45, 2.75) is 60.8 Å². The molecule has 1 saturated carbocycles. The third-order valence-corrected chi connectivity index (χ3v) is 2.28. The molecule has 1 aliphatic rings. The maximum atomic E-state index is 2.31. The lowest BCUT2D eigenvalue weighted by Gasteiger charge is -2.18. The van der Waals surface area contributed by atoms with Crippen LogP contribution >= 0.6 is 0 Å². The molecule has 0 heteroatoms. The first-order chi connectivity index (χ1) is 6.70. The Morgan fingerprint density at radius 3 is 1.64 bits per heavy atom. The molecule has 0 aromatic carbocycles. The van der Waals surface area contributed by atoms with Crippen molar-refractivity contribution in [2.75, 3.05) is 0 Å². The third-order valence-electron chi connectivity index (χ3n) is 2.28. The second-order valence-corrected chi connectivity index (χ2v) is 3.57. The minimum Gasteiger partial charge on any atom is -0.0874 e. The summed E-state index contributed by atoms with van der Waals surface area (Å²) in [5.74, 6) is 1.06. The molecule has 0 nitrogen and oxygen atoms in total. The Kier molecular flexibility index (Phi) is 14.2. The largest absolute Gasteiger partial charge is 0.0874 e. The minimum atomic E-state index is 1.06. The molecule has 84 valence electrons. The molecule has 0 aromatic heterocycles. The quantitative estimate of drug-likeness (QED) is 0.495. The normalized spacial score (nSPS) is 16.3. The molecule has 0 saturated heterocycles. The van der Waals surface area contributed by atoms with Crippen LogP contribution in [0.2, 0.25) is 0 Å². The van der Waals surface area contributed by atoms with Crippen molar-refractivity contribution in [3.8, 4) is 0 Å².